The second-order valence-electron chi connectivity index (χ2n) is 8.96. The maximum Gasteiger partial charge on any atom is 0.308 e. The van der Waals surface area contributed by atoms with Crippen LogP contribution < -0.4 is 10.2 Å². The monoisotopic (exact) mass is 515 g/mol. The molecule has 0 bridgehead atoms. The standard InChI is InChI=1S/C28H26ClN5O3/c29-26-23(18-25(35)36)27(34-15-3-4-16-34)32-24(31-26)17-19-5-9-21(10-6-19)30-28(37)20-7-11-22(12-8-20)33-13-1-2-14-33/h1-2,5-14H,3-4,15-18H2,(H,30,37)(H,35,36). The van der Waals surface area contributed by atoms with Crippen LogP contribution in [0.15, 0.2) is 73.1 Å². The lowest BCUT2D eigenvalue weighted by Gasteiger charge is -2.21. The van der Waals surface area contributed by atoms with Crippen LogP contribution in [-0.2, 0) is 17.6 Å². The lowest BCUT2D eigenvalue weighted by atomic mass is 10.1. The average Bonchev–Trinajstić information content (AvgIpc) is 3.62. The largest absolute Gasteiger partial charge is 0.481 e. The highest BCUT2D eigenvalue weighted by Crippen LogP contribution is 2.28. The van der Waals surface area contributed by atoms with Gasteiger partial charge in [-0.25, -0.2) is 9.97 Å². The molecule has 1 aliphatic heterocycles. The van der Waals surface area contributed by atoms with Crippen LogP contribution >= 0.6 is 11.6 Å². The molecular formula is C28H26ClN5O3. The number of carboxylic acids is 1. The van der Waals surface area contributed by atoms with E-state index in [0.717, 1.165) is 37.2 Å². The molecule has 3 heterocycles. The fourth-order valence-corrected chi connectivity index (χ4v) is 4.69. The summed E-state index contributed by atoms with van der Waals surface area (Å²) in [7, 11) is 0. The Morgan fingerprint density at radius 2 is 1.62 bits per heavy atom. The van der Waals surface area contributed by atoms with Gasteiger partial charge in [-0.05, 0) is 66.9 Å². The van der Waals surface area contributed by atoms with Crippen molar-refractivity contribution in [2.45, 2.75) is 25.7 Å². The number of carboxylic acid groups (broad SMARTS) is 1. The number of carbonyl (C=O) groups excluding carboxylic acids is 1. The molecule has 1 saturated heterocycles. The van der Waals surface area contributed by atoms with Crippen LogP contribution in [-0.4, -0.2) is 44.6 Å². The van der Waals surface area contributed by atoms with E-state index in [-0.39, 0.29) is 17.5 Å². The molecule has 0 unspecified atom stereocenters. The first kappa shape index (κ1) is 24.5. The molecule has 1 aliphatic rings. The first-order chi connectivity index (χ1) is 18.0. The van der Waals surface area contributed by atoms with E-state index in [4.69, 9.17) is 16.6 Å². The molecule has 2 N–H and O–H groups in total. The molecule has 0 radical (unpaired) electrons. The van der Waals surface area contributed by atoms with E-state index in [1.165, 1.54) is 0 Å². The minimum absolute atomic E-state index is 0.181. The maximum absolute atomic E-state index is 12.7. The number of hydrogen-bond donors (Lipinski definition) is 2. The van der Waals surface area contributed by atoms with Gasteiger partial charge < -0.3 is 19.9 Å². The highest BCUT2D eigenvalue weighted by atomic mass is 35.5. The minimum Gasteiger partial charge on any atom is -0.481 e. The van der Waals surface area contributed by atoms with E-state index in [2.05, 4.69) is 15.2 Å². The van der Waals surface area contributed by atoms with Crippen molar-refractivity contribution in [3.05, 3.63) is 101 Å². The Morgan fingerprint density at radius 1 is 0.946 bits per heavy atom. The molecule has 2 aromatic carbocycles. The number of anilines is 2. The lowest BCUT2D eigenvalue weighted by molar-refractivity contribution is -0.136. The summed E-state index contributed by atoms with van der Waals surface area (Å²) in [5.41, 5.74) is 3.63. The first-order valence-corrected chi connectivity index (χ1v) is 12.5. The zero-order valence-electron chi connectivity index (χ0n) is 20.1. The highest BCUT2D eigenvalue weighted by molar-refractivity contribution is 6.30. The number of aliphatic carboxylic acids is 1. The van der Waals surface area contributed by atoms with Gasteiger partial charge in [0.1, 0.15) is 16.8 Å². The molecule has 0 aliphatic carbocycles. The number of halogens is 1. The molecule has 2 aromatic heterocycles. The summed E-state index contributed by atoms with van der Waals surface area (Å²) in [4.78, 5) is 35.2. The van der Waals surface area contributed by atoms with E-state index < -0.39 is 5.97 Å². The number of nitrogens with zero attached hydrogens (tertiary/aromatic N) is 4. The van der Waals surface area contributed by atoms with E-state index in [9.17, 15) is 14.7 Å². The van der Waals surface area contributed by atoms with Crippen LogP contribution in [0.4, 0.5) is 11.5 Å². The van der Waals surface area contributed by atoms with Crippen molar-refractivity contribution >= 4 is 35.0 Å². The normalized spacial score (nSPS) is 13.1. The summed E-state index contributed by atoms with van der Waals surface area (Å²) < 4.78 is 1.98. The van der Waals surface area contributed by atoms with Crippen molar-refractivity contribution in [3.8, 4) is 5.69 Å². The fraction of sp³-hybridized carbons (Fsp3) is 0.214. The fourth-order valence-electron chi connectivity index (χ4n) is 4.44. The summed E-state index contributed by atoms with van der Waals surface area (Å²) in [5.74, 6) is -0.0124. The average molecular weight is 516 g/mol. The van der Waals surface area contributed by atoms with E-state index in [0.29, 0.717) is 34.9 Å². The number of amides is 1. The summed E-state index contributed by atoms with van der Waals surface area (Å²) in [6.45, 7) is 1.64. The van der Waals surface area contributed by atoms with Crippen molar-refractivity contribution < 1.29 is 14.7 Å². The van der Waals surface area contributed by atoms with Gasteiger partial charge >= 0.3 is 5.97 Å². The van der Waals surface area contributed by atoms with Crippen molar-refractivity contribution in [2.75, 3.05) is 23.3 Å². The molecule has 1 fully saturated rings. The predicted octanol–water partition coefficient (Wildman–Crippen LogP) is 4.99. The van der Waals surface area contributed by atoms with Gasteiger partial charge in [0.05, 0.1) is 6.42 Å². The molecule has 4 aromatic rings. The zero-order chi connectivity index (χ0) is 25.8. The second-order valence-corrected chi connectivity index (χ2v) is 9.32. The number of carbonyl (C=O) groups is 2. The van der Waals surface area contributed by atoms with Crippen LogP contribution in [0.25, 0.3) is 5.69 Å². The zero-order valence-corrected chi connectivity index (χ0v) is 20.9. The molecule has 1 amide bonds. The summed E-state index contributed by atoms with van der Waals surface area (Å²) >= 11 is 6.41. The van der Waals surface area contributed by atoms with E-state index in [1.54, 1.807) is 12.1 Å². The number of benzene rings is 2. The van der Waals surface area contributed by atoms with Gasteiger partial charge in [0.2, 0.25) is 0 Å². The highest BCUT2D eigenvalue weighted by Gasteiger charge is 2.23. The molecule has 0 atom stereocenters. The third kappa shape index (κ3) is 5.81. The maximum atomic E-state index is 12.7. The van der Waals surface area contributed by atoms with Crippen LogP contribution in [0.2, 0.25) is 5.15 Å². The summed E-state index contributed by atoms with van der Waals surface area (Å²) in [6.07, 6.45) is 6.19. The van der Waals surface area contributed by atoms with Gasteiger partial charge in [-0.3, -0.25) is 9.59 Å². The lowest BCUT2D eigenvalue weighted by Crippen LogP contribution is -2.23. The van der Waals surface area contributed by atoms with Gasteiger partial charge in [-0.1, -0.05) is 23.7 Å². The molecule has 0 saturated carbocycles. The molecule has 188 valence electrons. The molecule has 37 heavy (non-hydrogen) atoms. The smallest absolute Gasteiger partial charge is 0.308 e. The van der Waals surface area contributed by atoms with Crippen LogP contribution in [0.1, 0.15) is 40.2 Å². The Labute approximate surface area is 219 Å². The molecule has 8 nitrogen and oxygen atoms in total. The van der Waals surface area contributed by atoms with Crippen LogP contribution in [0.5, 0.6) is 0 Å². The van der Waals surface area contributed by atoms with Gasteiger partial charge in [0.15, 0.2) is 0 Å². The number of nitrogens with one attached hydrogen (secondary N) is 1. The third-order valence-corrected chi connectivity index (χ3v) is 6.63. The second kappa shape index (κ2) is 10.8. The van der Waals surface area contributed by atoms with Crippen molar-refractivity contribution in [2.24, 2.45) is 0 Å². The minimum atomic E-state index is -0.965. The quantitative estimate of drug-likeness (QED) is 0.321. The Kier molecular flexibility index (Phi) is 7.18. The van der Waals surface area contributed by atoms with Crippen molar-refractivity contribution in [3.63, 3.8) is 0 Å². The van der Waals surface area contributed by atoms with Crippen LogP contribution in [0.3, 0.4) is 0 Å². The predicted molar refractivity (Wildman–Crippen MR) is 143 cm³/mol. The number of aromatic nitrogens is 3. The third-order valence-electron chi connectivity index (χ3n) is 6.32. The molecule has 9 heteroatoms. The van der Waals surface area contributed by atoms with E-state index in [1.807, 2.05) is 65.5 Å². The number of hydrogen-bond acceptors (Lipinski definition) is 5. The Bertz CT molecular complexity index is 1400. The molecular weight excluding hydrogens is 490 g/mol. The van der Waals surface area contributed by atoms with Gasteiger partial charge in [-0.15, -0.1) is 0 Å². The summed E-state index contributed by atoms with van der Waals surface area (Å²) in [5, 5.41) is 12.4. The van der Waals surface area contributed by atoms with Crippen LogP contribution in [0, 0.1) is 0 Å². The molecule has 5 rings (SSSR count). The van der Waals surface area contributed by atoms with Crippen molar-refractivity contribution in [1.82, 2.24) is 14.5 Å². The topological polar surface area (TPSA) is 100 Å². The van der Waals surface area contributed by atoms with E-state index >= 15 is 0 Å². The van der Waals surface area contributed by atoms with Gasteiger partial charge in [-0.2, -0.15) is 0 Å². The van der Waals surface area contributed by atoms with Gasteiger partial charge in [0, 0.05) is 54.4 Å². The Morgan fingerprint density at radius 3 is 2.27 bits per heavy atom. The molecule has 0 spiro atoms. The van der Waals surface area contributed by atoms with Gasteiger partial charge in [0.25, 0.3) is 5.91 Å². The Hall–Kier alpha value is -4.17. The SMILES string of the molecule is O=C(O)Cc1c(Cl)nc(Cc2ccc(NC(=O)c3ccc(-n4cccc4)cc3)cc2)nc1N1CCCC1. The first-order valence-electron chi connectivity index (χ1n) is 12.1. The van der Waals surface area contributed by atoms with Crippen molar-refractivity contribution in [1.29, 1.82) is 0 Å². The number of rotatable bonds is 8. The summed E-state index contributed by atoms with van der Waals surface area (Å²) in [6, 6.07) is 18.8. The Balaban J connectivity index is 1.27.